The Labute approximate surface area is 85.6 Å². The highest BCUT2D eigenvalue weighted by Gasteiger charge is 2.07. The molecule has 0 aliphatic carbocycles. The SMILES string of the molecule is CC(C)c1nc2cc(Cl)cnc2s1. The lowest BCUT2D eigenvalue weighted by Crippen LogP contribution is -1.82. The van der Waals surface area contributed by atoms with E-state index in [0.29, 0.717) is 10.9 Å². The molecule has 2 aromatic heterocycles. The van der Waals surface area contributed by atoms with Crippen molar-refractivity contribution in [3.05, 3.63) is 22.3 Å². The minimum atomic E-state index is 0.456. The minimum absolute atomic E-state index is 0.456. The topological polar surface area (TPSA) is 25.8 Å². The van der Waals surface area contributed by atoms with Gasteiger partial charge in [0.15, 0.2) is 0 Å². The maximum absolute atomic E-state index is 5.81. The lowest BCUT2D eigenvalue weighted by Gasteiger charge is -1.94. The monoisotopic (exact) mass is 212 g/mol. The van der Waals surface area contributed by atoms with Gasteiger partial charge in [-0.05, 0) is 6.07 Å². The standard InChI is InChI=1S/C9H9ClN2S/c1-5(2)8-12-7-3-6(10)4-11-9(7)13-8/h3-5H,1-2H3. The number of rotatable bonds is 1. The molecule has 0 unspecified atom stereocenters. The Morgan fingerprint density at radius 3 is 2.92 bits per heavy atom. The van der Waals surface area contributed by atoms with Crippen LogP contribution in [0.1, 0.15) is 24.8 Å². The molecule has 0 bridgehead atoms. The van der Waals surface area contributed by atoms with Crippen molar-refractivity contribution >= 4 is 33.3 Å². The molecule has 2 aromatic rings. The largest absolute Gasteiger partial charge is 0.242 e. The summed E-state index contributed by atoms with van der Waals surface area (Å²) in [5, 5.41) is 1.76. The van der Waals surface area contributed by atoms with Gasteiger partial charge in [0.1, 0.15) is 10.3 Å². The van der Waals surface area contributed by atoms with Crippen LogP contribution in [0.15, 0.2) is 12.3 Å². The van der Waals surface area contributed by atoms with Crippen LogP contribution in [0.3, 0.4) is 0 Å². The smallest absolute Gasteiger partial charge is 0.143 e. The highest BCUT2D eigenvalue weighted by Crippen LogP contribution is 2.26. The van der Waals surface area contributed by atoms with E-state index in [9.17, 15) is 0 Å². The van der Waals surface area contributed by atoms with Crippen molar-refractivity contribution < 1.29 is 0 Å². The Morgan fingerprint density at radius 2 is 2.23 bits per heavy atom. The molecule has 0 aromatic carbocycles. The number of pyridine rings is 1. The van der Waals surface area contributed by atoms with E-state index in [-0.39, 0.29) is 0 Å². The molecule has 0 fully saturated rings. The van der Waals surface area contributed by atoms with E-state index in [1.807, 2.05) is 6.07 Å². The molecule has 4 heteroatoms. The molecule has 2 nitrogen and oxygen atoms in total. The van der Waals surface area contributed by atoms with Gasteiger partial charge in [-0.2, -0.15) is 0 Å². The molecule has 0 radical (unpaired) electrons. The zero-order chi connectivity index (χ0) is 9.42. The van der Waals surface area contributed by atoms with Gasteiger partial charge in [0, 0.05) is 12.1 Å². The van der Waals surface area contributed by atoms with Gasteiger partial charge < -0.3 is 0 Å². The second-order valence-electron chi connectivity index (χ2n) is 3.18. The average molecular weight is 213 g/mol. The van der Waals surface area contributed by atoms with Crippen molar-refractivity contribution in [2.75, 3.05) is 0 Å². The highest BCUT2D eigenvalue weighted by atomic mass is 35.5. The van der Waals surface area contributed by atoms with E-state index >= 15 is 0 Å². The van der Waals surface area contributed by atoms with Crippen LogP contribution in [-0.4, -0.2) is 9.97 Å². The Morgan fingerprint density at radius 1 is 1.46 bits per heavy atom. The first-order valence-electron chi connectivity index (χ1n) is 4.09. The second kappa shape index (κ2) is 3.24. The third-order valence-corrected chi connectivity index (χ3v) is 3.21. The average Bonchev–Trinajstić information content (AvgIpc) is 2.46. The highest BCUT2D eigenvalue weighted by molar-refractivity contribution is 7.18. The number of halogens is 1. The van der Waals surface area contributed by atoms with Gasteiger partial charge in [-0.25, -0.2) is 9.97 Å². The molecule has 0 spiro atoms. The van der Waals surface area contributed by atoms with Crippen LogP contribution in [0.25, 0.3) is 10.3 Å². The van der Waals surface area contributed by atoms with Crippen molar-refractivity contribution in [3.63, 3.8) is 0 Å². The molecule has 0 aliphatic rings. The van der Waals surface area contributed by atoms with Crippen LogP contribution in [0.5, 0.6) is 0 Å². The van der Waals surface area contributed by atoms with Gasteiger partial charge in [0.25, 0.3) is 0 Å². The zero-order valence-corrected chi connectivity index (χ0v) is 8.99. The Bertz CT molecular complexity index is 436. The van der Waals surface area contributed by atoms with E-state index in [1.165, 1.54) is 0 Å². The molecule has 0 saturated heterocycles. The minimum Gasteiger partial charge on any atom is -0.242 e. The molecular weight excluding hydrogens is 204 g/mol. The summed E-state index contributed by atoms with van der Waals surface area (Å²) in [5.74, 6) is 0.456. The molecule has 68 valence electrons. The van der Waals surface area contributed by atoms with Crippen molar-refractivity contribution in [1.82, 2.24) is 9.97 Å². The first-order chi connectivity index (χ1) is 6.16. The van der Waals surface area contributed by atoms with E-state index in [2.05, 4.69) is 23.8 Å². The molecule has 0 N–H and O–H groups in total. The maximum atomic E-state index is 5.81. The fraction of sp³-hybridized carbons (Fsp3) is 0.333. The van der Waals surface area contributed by atoms with E-state index in [0.717, 1.165) is 15.4 Å². The van der Waals surface area contributed by atoms with Crippen molar-refractivity contribution in [1.29, 1.82) is 0 Å². The first-order valence-corrected chi connectivity index (χ1v) is 5.28. The molecule has 2 heterocycles. The number of aromatic nitrogens is 2. The van der Waals surface area contributed by atoms with Gasteiger partial charge in [-0.3, -0.25) is 0 Å². The van der Waals surface area contributed by atoms with Crippen LogP contribution in [-0.2, 0) is 0 Å². The Hall–Kier alpha value is -0.670. The Balaban J connectivity index is 2.62. The van der Waals surface area contributed by atoms with Crippen molar-refractivity contribution in [2.45, 2.75) is 19.8 Å². The number of hydrogen-bond acceptors (Lipinski definition) is 3. The summed E-state index contributed by atoms with van der Waals surface area (Å²) < 4.78 is 0. The number of thiazole rings is 1. The summed E-state index contributed by atoms with van der Waals surface area (Å²) in [6.45, 7) is 4.25. The lowest BCUT2D eigenvalue weighted by molar-refractivity contribution is 0.857. The summed E-state index contributed by atoms with van der Waals surface area (Å²) in [5.41, 5.74) is 0.904. The summed E-state index contributed by atoms with van der Waals surface area (Å²) >= 11 is 7.44. The number of fused-ring (bicyclic) bond motifs is 1. The van der Waals surface area contributed by atoms with Gasteiger partial charge in [0.2, 0.25) is 0 Å². The van der Waals surface area contributed by atoms with Gasteiger partial charge >= 0.3 is 0 Å². The third kappa shape index (κ3) is 1.67. The second-order valence-corrected chi connectivity index (χ2v) is 4.63. The van der Waals surface area contributed by atoms with Gasteiger partial charge in [0.05, 0.1) is 10.0 Å². The lowest BCUT2D eigenvalue weighted by atomic mass is 10.2. The predicted octanol–water partition coefficient (Wildman–Crippen LogP) is 3.47. The van der Waals surface area contributed by atoms with Crippen LogP contribution in [0.2, 0.25) is 5.02 Å². The summed E-state index contributed by atoms with van der Waals surface area (Å²) in [4.78, 5) is 9.62. The molecule has 0 amide bonds. The van der Waals surface area contributed by atoms with Crippen molar-refractivity contribution in [3.8, 4) is 0 Å². The van der Waals surface area contributed by atoms with Gasteiger partial charge in [-0.1, -0.05) is 36.8 Å². The maximum Gasteiger partial charge on any atom is 0.143 e. The number of hydrogen-bond donors (Lipinski definition) is 0. The summed E-state index contributed by atoms with van der Waals surface area (Å²) in [7, 11) is 0. The molecular formula is C9H9ClN2S. The van der Waals surface area contributed by atoms with E-state index in [1.54, 1.807) is 17.5 Å². The summed E-state index contributed by atoms with van der Waals surface area (Å²) in [6.07, 6.45) is 1.66. The molecule has 13 heavy (non-hydrogen) atoms. The molecule has 0 aliphatic heterocycles. The van der Waals surface area contributed by atoms with Crippen LogP contribution >= 0.6 is 22.9 Å². The van der Waals surface area contributed by atoms with Crippen LogP contribution < -0.4 is 0 Å². The number of nitrogens with zero attached hydrogens (tertiary/aromatic N) is 2. The zero-order valence-electron chi connectivity index (χ0n) is 7.41. The van der Waals surface area contributed by atoms with Gasteiger partial charge in [-0.15, -0.1) is 0 Å². The Kier molecular flexibility index (Phi) is 2.22. The molecule has 0 saturated carbocycles. The third-order valence-electron chi connectivity index (χ3n) is 1.72. The van der Waals surface area contributed by atoms with E-state index in [4.69, 9.17) is 11.6 Å². The fourth-order valence-electron chi connectivity index (χ4n) is 1.06. The molecule has 2 rings (SSSR count). The quantitative estimate of drug-likeness (QED) is 0.724. The fourth-order valence-corrected chi connectivity index (χ4v) is 2.11. The van der Waals surface area contributed by atoms with Crippen molar-refractivity contribution in [2.24, 2.45) is 0 Å². The predicted molar refractivity (Wildman–Crippen MR) is 56.5 cm³/mol. The van der Waals surface area contributed by atoms with Crippen LogP contribution in [0, 0.1) is 0 Å². The normalized spacial score (nSPS) is 11.4. The molecule has 0 atom stereocenters. The van der Waals surface area contributed by atoms with Crippen LogP contribution in [0.4, 0.5) is 0 Å². The van der Waals surface area contributed by atoms with E-state index < -0.39 is 0 Å². The first kappa shape index (κ1) is 8.91. The summed E-state index contributed by atoms with van der Waals surface area (Å²) in [6, 6.07) is 1.85.